The Morgan fingerprint density at radius 3 is 2.77 bits per heavy atom. The van der Waals surface area contributed by atoms with Crippen LogP contribution in [0.2, 0.25) is 0 Å². The molecule has 0 saturated carbocycles. The number of aryl methyl sites for hydroxylation is 1. The standard InChI is InChI=1S/C19H21FN6/c1-13-9-21-19(22-10-13)25(2)15-4-3-7-26(11-15)18-16-6-5-14(20)8-17(16)23-12-24-18/h5-6,8-10,12,15H,3-4,7,11H2,1-2H3. The summed E-state index contributed by atoms with van der Waals surface area (Å²) in [7, 11) is 2.03. The Morgan fingerprint density at radius 1 is 1.15 bits per heavy atom. The number of likely N-dealkylation sites (N-methyl/N-ethyl adjacent to an activating group) is 1. The summed E-state index contributed by atoms with van der Waals surface area (Å²) in [4.78, 5) is 21.9. The number of nitrogens with zero attached hydrogens (tertiary/aromatic N) is 6. The lowest BCUT2D eigenvalue weighted by atomic mass is 10.0. The lowest BCUT2D eigenvalue weighted by Gasteiger charge is -2.38. The first-order chi connectivity index (χ1) is 12.6. The second-order valence-electron chi connectivity index (χ2n) is 6.77. The van der Waals surface area contributed by atoms with Gasteiger partial charge in [-0.1, -0.05) is 0 Å². The lowest BCUT2D eigenvalue weighted by Crippen LogP contribution is -2.47. The molecule has 4 rings (SSSR count). The summed E-state index contributed by atoms with van der Waals surface area (Å²) < 4.78 is 13.5. The molecular formula is C19H21FN6. The third kappa shape index (κ3) is 3.16. The molecule has 1 aliphatic heterocycles. The fraction of sp³-hybridized carbons (Fsp3) is 0.368. The van der Waals surface area contributed by atoms with Gasteiger partial charge in [0.05, 0.1) is 5.52 Å². The van der Waals surface area contributed by atoms with E-state index < -0.39 is 0 Å². The van der Waals surface area contributed by atoms with Crippen molar-refractivity contribution in [2.24, 2.45) is 0 Å². The number of piperidine rings is 1. The van der Waals surface area contributed by atoms with Crippen molar-refractivity contribution >= 4 is 22.7 Å². The van der Waals surface area contributed by atoms with Crippen LogP contribution in [0.15, 0.2) is 36.9 Å². The minimum atomic E-state index is -0.282. The average Bonchev–Trinajstić information content (AvgIpc) is 2.67. The fourth-order valence-corrected chi connectivity index (χ4v) is 3.46. The van der Waals surface area contributed by atoms with Crippen LogP contribution in [0.4, 0.5) is 16.2 Å². The predicted molar refractivity (Wildman–Crippen MR) is 99.9 cm³/mol. The Hall–Kier alpha value is -2.83. The lowest BCUT2D eigenvalue weighted by molar-refractivity contribution is 0.481. The minimum Gasteiger partial charge on any atom is -0.354 e. The fourth-order valence-electron chi connectivity index (χ4n) is 3.46. The summed E-state index contributed by atoms with van der Waals surface area (Å²) in [6, 6.07) is 4.96. The number of anilines is 2. The van der Waals surface area contributed by atoms with E-state index in [4.69, 9.17) is 0 Å². The Bertz CT molecular complexity index is 914. The Morgan fingerprint density at radius 2 is 1.96 bits per heavy atom. The molecule has 0 radical (unpaired) electrons. The Balaban J connectivity index is 1.60. The maximum Gasteiger partial charge on any atom is 0.225 e. The molecule has 6 nitrogen and oxygen atoms in total. The van der Waals surface area contributed by atoms with Gasteiger partial charge >= 0.3 is 0 Å². The van der Waals surface area contributed by atoms with E-state index in [1.807, 2.05) is 26.4 Å². The van der Waals surface area contributed by atoms with Crippen molar-refractivity contribution in [2.75, 3.05) is 29.9 Å². The molecule has 1 atom stereocenters. The van der Waals surface area contributed by atoms with Gasteiger partial charge in [-0.2, -0.15) is 0 Å². The van der Waals surface area contributed by atoms with Crippen molar-refractivity contribution in [3.63, 3.8) is 0 Å². The molecule has 26 heavy (non-hydrogen) atoms. The maximum absolute atomic E-state index is 13.5. The number of halogens is 1. The van der Waals surface area contributed by atoms with E-state index in [0.29, 0.717) is 5.52 Å². The molecule has 0 spiro atoms. The second-order valence-corrected chi connectivity index (χ2v) is 6.77. The van der Waals surface area contributed by atoms with Crippen LogP contribution in [0.25, 0.3) is 10.9 Å². The Labute approximate surface area is 151 Å². The molecule has 0 N–H and O–H groups in total. The molecule has 0 amide bonds. The van der Waals surface area contributed by atoms with Gasteiger partial charge in [-0.25, -0.2) is 24.3 Å². The molecule has 0 aliphatic carbocycles. The first kappa shape index (κ1) is 16.6. The van der Waals surface area contributed by atoms with Crippen LogP contribution < -0.4 is 9.80 Å². The van der Waals surface area contributed by atoms with E-state index in [-0.39, 0.29) is 11.9 Å². The van der Waals surface area contributed by atoms with Crippen molar-refractivity contribution in [1.29, 1.82) is 0 Å². The molecule has 1 fully saturated rings. The molecule has 3 aromatic rings. The van der Waals surface area contributed by atoms with E-state index in [9.17, 15) is 4.39 Å². The average molecular weight is 352 g/mol. The van der Waals surface area contributed by atoms with E-state index in [0.717, 1.165) is 48.6 Å². The molecule has 7 heteroatoms. The normalized spacial score (nSPS) is 17.5. The summed E-state index contributed by atoms with van der Waals surface area (Å²) in [5.41, 5.74) is 1.68. The van der Waals surface area contributed by atoms with Gasteiger partial charge in [0.15, 0.2) is 0 Å². The summed E-state index contributed by atoms with van der Waals surface area (Å²) in [6.07, 6.45) is 7.31. The molecule has 0 bridgehead atoms. The van der Waals surface area contributed by atoms with Gasteiger partial charge in [-0.3, -0.25) is 0 Å². The van der Waals surface area contributed by atoms with Crippen LogP contribution in [0, 0.1) is 12.7 Å². The van der Waals surface area contributed by atoms with Gasteiger partial charge in [-0.05, 0) is 37.5 Å². The quantitative estimate of drug-likeness (QED) is 0.722. The first-order valence-corrected chi connectivity index (χ1v) is 8.78. The third-order valence-corrected chi connectivity index (χ3v) is 4.90. The molecular weight excluding hydrogens is 331 g/mol. The van der Waals surface area contributed by atoms with Crippen LogP contribution in [0.1, 0.15) is 18.4 Å². The molecule has 134 valence electrons. The number of hydrogen-bond acceptors (Lipinski definition) is 6. The molecule has 1 aromatic carbocycles. The summed E-state index contributed by atoms with van der Waals surface area (Å²) in [5.74, 6) is 1.31. The number of aromatic nitrogens is 4. The van der Waals surface area contributed by atoms with Gasteiger partial charge in [-0.15, -0.1) is 0 Å². The number of benzene rings is 1. The van der Waals surface area contributed by atoms with Crippen molar-refractivity contribution < 1.29 is 4.39 Å². The summed E-state index contributed by atoms with van der Waals surface area (Å²) >= 11 is 0. The van der Waals surface area contributed by atoms with Gasteiger partial charge in [0.1, 0.15) is 18.0 Å². The molecule has 1 unspecified atom stereocenters. The molecule has 1 aliphatic rings. The smallest absolute Gasteiger partial charge is 0.225 e. The molecule has 1 saturated heterocycles. The van der Waals surface area contributed by atoms with Gasteiger partial charge in [0.2, 0.25) is 5.95 Å². The third-order valence-electron chi connectivity index (χ3n) is 4.90. The highest BCUT2D eigenvalue weighted by Gasteiger charge is 2.26. The molecule has 3 heterocycles. The minimum absolute atomic E-state index is 0.282. The van der Waals surface area contributed by atoms with Crippen LogP contribution >= 0.6 is 0 Å². The van der Waals surface area contributed by atoms with E-state index in [2.05, 4.69) is 29.7 Å². The van der Waals surface area contributed by atoms with E-state index in [1.54, 1.807) is 6.07 Å². The van der Waals surface area contributed by atoms with Crippen molar-refractivity contribution in [3.05, 3.63) is 48.3 Å². The predicted octanol–water partition coefficient (Wildman–Crippen LogP) is 2.97. The van der Waals surface area contributed by atoms with Crippen molar-refractivity contribution in [3.8, 4) is 0 Å². The van der Waals surface area contributed by atoms with Gasteiger partial charge in [0.25, 0.3) is 0 Å². The highest BCUT2D eigenvalue weighted by molar-refractivity contribution is 5.89. The first-order valence-electron chi connectivity index (χ1n) is 8.78. The zero-order valence-corrected chi connectivity index (χ0v) is 14.9. The largest absolute Gasteiger partial charge is 0.354 e. The Kier molecular flexibility index (Phi) is 4.36. The van der Waals surface area contributed by atoms with Crippen molar-refractivity contribution in [1.82, 2.24) is 19.9 Å². The zero-order valence-electron chi connectivity index (χ0n) is 14.9. The van der Waals surface area contributed by atoms with Crippen LogP contribution in [0.3, 0.4) is 0 Å². The zero-order chi connectivity index (χ0) is 18.1. The summed E-state index contributed by atoms with van der Waals surface area (Å²) in [6.45, 7) is 3.72. The highest BCUT2D eigenvalue weighted by atomic mass is 19.1. The van der Waals surface area contributed by atoms with E-state index in [1.165, 1.54) is 18.5 Å². The number of hydrogen-bond donors (Lipinski definition) is 0. The number of fused-ring (bicyclic) bond motifs is 1. The van der Waals surface area contributed by atoms with Crippen LogP contribution in [-0.4, -0.2) is 46.1 Å². The SMILES string of the molecule is Cc1cnc(N(C)C2CCCN(c3ncnc4cc(F)ccc34)C2)nc1. The molecule has 2 aromatic heterocycles. The second kappa shape index (κ2) is 6.82. The van der Waals surface area contributed by atoms with Gasteiger partial charge < -0.3 is 9.80 Å². The summed E-state index contributed by atoms with van der Waals surface area (Å²) in [5, 5.41) is 0.879. The van der Waals surface area contributed by atoms with E-state index >= 15 is 0 Å². The topological polar surface area (TPSA) is 58.0 Å². The number of rotatable bonds is 3. The monoisotopic (exact) mass is 352 g/mol. The van der Waals surface area contributed by atoms with Crippen molar-refractivity contribution in [2.45, 2.75) is 25.8 Å². The van der Waals surface area contributed by atoms with Crippen LogP contribution in [0.5, 0.6) is 0 Å². The highest BCUT2D eigenvalue weighted by Crippen LogP contribution is 2.27. The maximum atomic E-state index is 13.5. The van der Waals surface area contributed by atoms with Crippen LogP contribution in [-0.2, 0) is 0 Å². The van der Waals surface area contributed by atoms with Gasteiger partial charge in [0, 0.05) is 50.0 Å².